The van der Waals surface area contributed by atoms with Crippen LogP contribution in [0, 0.1) is 6.20 Å². The maximum Gasteiger partial charge on any atom is 0.0702 e. The number of H-pyrrole nitrogens is 1. The topological polar surface area (TPSA) is 15.8 Å². The molecule has 0 amide bonds. The van der Waals surface area contributed by atoms with E-state index in [-0.39, 0.29) is 0 Å². The zero-order chi connectivity index (χ0) is 6.10. The minimum atomic E-state index is 1.17. The molecule has 0 aliphatic heterocycles. The summed E-state index contributed by atoms with van der Waals surface area (Å²) in [5, 5.41) is 0. The van der Waals surface area contributed by atoms with Crippen LogP contribution in [0.1, 0.15) is 17.5 Å². The van der Waals surface area contributed by atoms with E-state index in [0.29, 0.717) is 0 Å². The molecule has 0 atom stereocenters. The van der Waals surface area contributed by atoms with E-state index in [9.17, 15) is 0 Å². The average molecular weight is 118 g/mol. The first-order valence-electron chi connectivity index (χ1n) is 3.21. The molecule has 1 nitrogen and oxygen atoms in total. The van der Waals surface area contributed by atoms with Gasteiger partial charge in [0.25, 0.3) is 0 Å². The standard InChI is InChI=1S/C8H8N/c1-2-4-8-6-9-5-7(8)3-1/h1,3,6,9H,2,4H2. The van der Waals surface area contributed by atoms with Crippen LogP contribution in [0.4, 0.5) is 0 Å². The average Bonchev–Trinajstić information content (AvgIpc) is 2.33. The summed E-state index contributed by atoms with van der Waals surface area (Å²) >= 11 is 0. The first kappa shape index (κ1) is 4.86. The largest absolute Gasteiger partial charge is 0.359 e. The molecule has 0 spiro atoms. The number of aryl methyl sites for hydroxylation is 1. The van der Waals surface area contributed by atoms with Gasteiger partial charge in [-0.15, -0.1) is 0 Å². The SMILES string of the molecule is [c]1[nH]cc2c1C=CCC2. The highest BCUT2D eigenvalue weighted by Crippen LogP contribution is 2.16. The Morgan fingerprint density at radius 1 is 1.56 bits per heavy atom. The lowest BCUT2D eigenvalue weighted by Crippen LogP contribution is -1.87. The first-order valence-corrected chi connectivity index (χ1v) is 3.21. The number of aromatic nitrogens is 1. The molecule has 0 saturated heterocycles. The highest BCUT2D eigenvalue weighted by atomic mass is 14.6. The third kappa shape index (κ3) is 0.689. The van der Waals surface area contributed by atoms with Crippen LogP contribution in [0.3, 0.4) is 0 Å². The van der Waals surface area contributed by atoms with Gasteiger partial charge in [0.05, 0.1) is 6.20 Å². The molecule has 0 aromatic carbocycles. The summed E-state index contributed by atoms with van der Waals surface area (Å²) in [4.78, 5) is 2.96. The van der Waals surface area contributed by atoms with Crippen LogP contribution in [0.5, 0.6) is 0 Å². The minimum Gasteiger partial charge on any atom is -0.359 e. The molecule has 1 N–H and O–H groups in total. The zero-order valence-electron chi connectivity index (χ0n) is 5.15. The Morgan fingerprint density at radius 2 is 2.56 bits per heavy atom. The van der Waals surface area contributed by atoms with E-state index < -0.39 is 0 Å². The second-order valence-electron chi connectivity index (χ2n) is 2.29. The van der Waals surface area contributed by atoms with Gasteiger partial charge in [-0.1, -0.05) is 12.2 Å². The van der Waals surface area contributed by atoms with Gasteiger partial charge in [0.1, 0.15) is 0 Å². The molecular weight excluding hydrogens is 110 g/mol. The van der Waals surface area contributed by atoms with Crippen LogP contribution in [0.25, 0.3) is 6.08 Å². The molecule has 0 fully saturated rings. The molecule has 1 heterocycles. The maximum absolute atomic E-state index is 3.05. The molecule has 1 aliphatic rings. The van der Waals surface area contributed by atoms with Gasteiger partial charge in [-0.05, 0) is 18.4 Å². The van der Waals surface area contributed by atoms with E-state index >= 15 is 0 Å². The lowest BCUT2D eigenvalue weighted by Gasteiger charge is -2.00. The van der Waals surface area contributed by atoms with Crippen molar-refractivity contribution in [3.63, 3.8) is 0 Å². The van der Waals surface area contributed by atoms with Crippen molar-refractivity contribution < 1.29 is 0 Å². The molecule has 45 valence electrons. The van der Waals surface area contributed by atoms with Gasteiger partial charge < -0.3 is 4.98 Å². The summed E-state index contributed by atoms with van der Waals surface area (Å²) in [7, 11) is 0. The first-order chi connectivity index (χ1) is 4.47. The Morgan fingerprint density at radius 3 is 3.44 bits per heavy atom. The van der Waals surface area contributed by atoms with Crippen LogP contribution in [-0.4, -0.2) is 4.98 Å². The maximum atomic E-state index is 3.05. The summed E-state index contributed by atoms with van der Waals surface area (Å²) in [6.45, 7) is 0. The molecule has 1 radical (unpaired) electrons. The van der Waals surface area contributed by atoms with Crippen molar-refractivity contribution in [1.82, 2.24) is 4.98 Å². The Kier molecular flexibility index (Phi) is 0.950. The van der Waals surface area contributed by atoms with E-state index in [0.717, 1.165) is 0 Å². The van der Waals surface area contributed by atoms with E-state index in [1.807, 2.05) is 6.20 Å². The Labute approximate surface area is 54.4 Å². The lowest BCUT2D eigenvalue weighted by atomic mass is 10.0. The van der Waals surface area contributed by atoms with Gasteiger partial charge in [0.15, 0.2) is 0 Å². The number of rotatable bonds is 0. The third-order valence-corrected chi connectivity index (χ3v) is 1.66. The van der Waals surface area contributed by atoms with E-state index in [4.69, 9.17) is 0 Å². The van der Waals surface area contributed by atoms with Crippen LogP contribution in [-0.2, 0) is 6.42 Å². The summed E-state index contributed by atoms with van der Waals surface area (Å²) in [5.41, 5.74) is 2.64. The minimum absolute atomic E-state index is 1.17. The number of hydrogen-bond acceptors (Lipinski definition) is 0. The van der Waals surface area contributed by atoms with Crippen LogP contribution in [0.15, 0.2) is 12.3 Å². The Bertz CT molecular complexity index is 232. The quantitative estimate of drug-likeness (QED) is 0.534. The highest BCUT2D eigenvalue weighted by Gasteiger charge is 2.02. The number of nitrogens with one attached hydrogen (secondary N) is 1. The van der Waals surface area contributed by atoms with Gasteiger partial charge in [-0.2, -0.15) is 0 Å². The molecular formula is C8H8N. The van der Waals surface area contributed by atoms with Crippen LogP contribution >= 0.6 is 0 Å². The predicted octanol–water partition coefficient (Wildman–Crippen LogP) is 1.77. The predicted molar refractivity (Wildman–Crippen MR) is 37.0 cm³/mol. The number of fused-ring (bicyclic) bond motifs is 1. The van der Waals surface area contributed by atoms with Crippen molar-refractivity contribution in [3.8, 4) is 0 Å². The molecule has 1 aliphatic carbocycles. The van der Waals surface area contributed by atoms with Gasteiger partial charge in [0.2, 0.25) is 0 Å². The number of allylic oxidation sites excluding steroid dienone is 1. The molecule has 0 saturated carbocycles. The summed E-state index contributed by atoms with van der Waals surface area (Å²) < 4.78 is 0. The molecule has 9 heavy (non-hydrogen) atoms. The molecule has 1 heteroatoms. The summed E-state index contributed by atoms with van der Waals surface area (Å²) in [5.74, 6) is 0. The van der Waals surface area contributed by atoms with Crippen molar-refractivity contribution in [2.45, 2.75) is 12.8 Å². The van der Waals surface area contributed by atoms with Crippen molar-refractivity contribution in [2.24, 2.45) is 0 Å². The zero-order valence-corrected chi connectivity index (χ0v) is 5.15. The van der Waals surface area contributed by atoms with Gasteiger partial charge in [-0.25, -0.2) is 0 Å². The molecule has 1 aromatic rings. The smallest absolute Gasteiger partial charge is 0.0702 e. The van der Waals surface area contributed by atoms with Gasteiger partial charge in [0, 0.05) is 11.8 Å². The number of hydrogen-bond donors (Lipinski definition) is 1. The van der Waals surface area contributed by atoms with Crippen molar-refractivity contribution >= 4 is 6.08 Å². The second-order valence-corrected chi connectivity index (χ2v) is 2.29. The molecule has 2 rings (SSSR count). The fourth-order valence-corrected chi connectivity index (χ4v) is 1.15. The van der Waals surface area contributed by atoms with E-state index in [1.54, 1.807) is 0 Å². The van der Waals surface area contributed by atoms with Gasteiger partial charge >= 0.3 is 0 Å². The highest BCUT2D eigenvalue weighted by molar-refractivity contribution is 5.54. The van der Waals surface area contributed by atoms with Crippen molar-refractivity contribution in [1.29, 1.82) is 0 Å². The summed E-state index contributed by atoms with van der Waals surface area (Å²) in [6.07, 6.45) is 11.7. The Hall–Kier alpha value is -0.980. The van der Waals surface area contributed by atoms with Crippen LogP contribution in [0.2, 0.25) is 0 Å². The fourth-order valence-electron chi connectivity index (χ4n) is 1.15. The molecule has 0 unspecified atom stereocenters. The lowest BCUT2D eigenvalue weighted by molar-refractivity contribution is 0.991. The second kappa shape index (κ2) is 1.76. The number of aromatic amines is 1. The molecule has 0 bridgehead atoms. The third-order valence-electron chi connectivity index (χ3n) is 1.66. The molecule has 1 aromatic heterocycles. The van der Waals surface area contributed by atoms with Crippen LogP contribution < -0.4 is 0 Å². The Balaban J connectivity index is 2.53. The fraction of sp³-hybridized carbons (Fsp3) is 0.250. The monoisotopic (exact) mass is 118 g/mol. The van der Waals surface area contributed by atoms with E-state index in [1.165, 1.54) is 24.0 Å². The summed E-state index contributed by atoms with van der Waals surface area (Å²) in [6, 6.07) is 0. The van der Waals surface area contributed by atoms with Gasteiger partial charge in [-0.3, -0.25) is 0 Å². The normalized spacial score (nSPS) is 15.6. The van der Waals surface area contributed by atoms with Crippen molar-refractivity contribution in [2.75, 3.05) is 0 Å². The van der Waals surface area contributed by atoms with E-state index in [2.05, 4.69) is 23.3 Å². The van der Waals surface area contributed by atoms with Crippen molar-refractivity contribution in [3.05, 3.63) is 29.6 Å².